The van der Waals surface area contributed by atoms with E-state index in [4.69, 9.17) is 0 Å². The van der Waals surface area contributed by atoms with E-state index in [9.17, 15) is 39.6 Å². The van der Waals surface area contributed by atoms with Crippen molar-refractivity contribution in [3.63, 3.8) is 0 Å². The molecule has 0 fully saturated rings. The number of carbonyl (C=O) groups is 4. The summed E-state index contributed by atoms with van der Waals surface area (Å²) in [7, 11) is 0. The van der Waals surface area contributed by atoms with Gasteiger partial charge in [0, 0.05) is 49.6 Å². The van der Waals surface area contributed by atoms with Crippen LogP contribution in [0.15, 0.2) is 50.6 Å². The fourth-order valence-electron chi connectivity index (χ4n) is 0.471. The van der Waals surface area contributed by atoms with Crippen LogP contribution in [0.25, 0.3) is 0 Å². The van der Waals surface area contributed by atoms with Crippen molar-refractivity contribution in [1.82, 2.24) is 0 Å². The van der Waals surface area contributed by atoms with E-state index in [0.29, 0.717) is 0 Å². The second-order valence-corrected chi connectivity index (χ2v) is 3.46. The van der Waals surface area contributed by atoms with Crippen molar-refractivity contribution in [2.24, 2.45) is 0 Å². The number of hydrogen-bond donors (Lipinski definition) is 0. The summed E-state index contributed by atoms with van der Waals surface area (Å²) in [5.74, 6) is -4.31. The predicted molar refractivity (Wildman–Crippen MR) is 79.3 cm³/mol. The van der Waals surface area contributed by atoms with Gasteiger partial charge in [0.2, 0.25) is 0 Å². The molecule has 9 heteroatoms. The third-order valence-electron chi connectivity index (χ3n) is 1.24. The number of hydrogen-bond acceptors (Lipinski definition) is 8. The maximum Gasteiger partial charge on any atom is 4.00 e. The molecule has 0 N–H and O–H groups in total. The fraction of sp³-hybridized carbons (Fsp3) is 0.250. The van der Waals surface area contributed by atoms with Crippen LogP contribution in [0.4, 0.5) is 0 Å². The molecule has 0 rings (SSSR count). The van der Waals surface area contributed by atoms with Crippen LogP contribution in [0.5, 0.6) is 0 Å². The molecule has 0 radical (unpaired) electrons. The maximum absolute atomic E-state index is 9.42. The van der Waals surface area contributed by atoms with Crippen LogP contribution in [-0.4, -0.2) is 23.9 Å². The summed E-state index contributed by atoms with van der Waals surface area (Å²) in [4.78, 5) is 37.7. The molecule has 0 unspecified atom stereocenters. The number of aliphatic carboxylic acids is 4. The number of carboxylic acid groups (broad SMARTS) is 4. The molecule has 25 heavy (non-hydrogen) atoms. The van der Waals surface area contributed by atoms with Crippen LogP contribution in [0, 0.1) is 0 Å². The molecule has 0 amide bonds. The van der Waals surface area contributed by atoms with Crippen LogP contribution in [0.3, 0.4) is 0 Å². The molecule has 0 heterocycles. The summed E-state index contributed by atoms with van der Waals surface area (Å²) >= 11 is 0. The Kier molecular flexibility index (Phi) is 40.6. The van der Waals surface area contributed by atoms with Gasteiger partial charge in [-0.3, -0.25) is 0 Å². The Morgan fingerprint density at radius 1 is 0.520 bits per heavy atom. The van der Waals surface area contributed by atoms with Crippen molar-refractivity contribution < 1.29 is 65.8 Å². The summed E-state index contributed by atoms with van der Waals surface area (Å²) in [6.45, 7) is 12.7. The van der Waals surface area contributed by atoms with Crippen molar-refractivity contribution in [2.75, 3.05) is 0 Å². The summed E-state index contributed by atoms with van der Waals surface area (Å²) in [6.07, 6.45) is 4.93. The van der Waals surface area contributed by atoms with Gasteiger partial charge in [-0.05, 0) is 0 Å². The average Bonchev–Trinajstić information content (AvgIpc) is 2.39. The molecule has 0 bridgehead atoms. The van der Waals surface area contributed by atoms with Crippen LogP contribution < -0.4 is 20.4 Å². The van der Waals surface area contributed by atoms with Crippen LogP contribution in [0.2, 0.25) is 0 Å². The van der Waals surface area contributed by atoms with E-state index in [1.807, 2.05) is 0 Å². The molecule has 0 aliphatic heterocycles. The zero-order valence-electron chi connectivity index (χ0n) is 13.7. The second kappa shape index (κ2) is 29.7. The molecule has 0 aliphatic rings. The van der Waals surface area contributed by atoms with E-state index in [1.54, 1.807) is 0 Å². The minimum atomic E-state index is -1.08. The van der Waals surface area contributed by atoms with E-state index in [-0.39, 0.29) is 51.9 Å². The zero-order chi connectivity index (χ0) is 20.0. The third kappa shape index (κ3) is 89.4. The smallest absolute Gasteiger partial charge is 0.550 e. The number of rotatable bonds is 8. The van der Waals surface area contributed by atoms with E-state index in [1.165, 1.54) is 24.3 Å². The fourth-order valence-corrected chi connectivity index (χ4v) is 0.471. The van der Waals surface area contributed by atoms with E-state index < -0.39 is 23.9 Å². The quantitative estimate of drug-likeness (QED) is 0.374. The molecular weight excluding hydrogens is 411 g/mol. The summed E-state index contributed by atoms with van der Waals surface area (Å²) < 4.78 is 0. The molecule has 0 atom stereocenters. The van der Waals surface area contributed by atoms with Crippen molar-refractivity contribution in [3.05, 3.63) is 50.6 Å². The van der Waals surface area contributed by atoms with Gasteiger partial charge in [-0.15, -0.1) is 26.3 Å². The number of carboxylic acids is 4. The molecule has 0 aromatic heterocycles. The van der Waals surface area contributed by atoms with Gasteiger partial charge in [0.05, 0.1) is 0 Å². The van der Waals surface area contributed by atoms with Crippen LogP contribution in [0.1, 0.15) is 25.7 Å². The third-order valence-corrected chi connectivity index (χ3v) is 1.24. The van der Waals surface area contributed by atoms with E-state index in [0.717, 1.165) is 0 Å². The normalized spacial score (nSPS) is 7.04. The summed E-state index contributed by atoms with van der Waals surface area (Å²) in [5, 5.41) is 37.7. The monoisotopic (exact) mass is 430 g/mol. The second-order valence-electron chi connectivity index (χ2n) is 3.46. The molecular formula is C16H20O8Zr. The van der Waals surface area contributed by atoms with Gasteiger partial charge in [0.1, 0.15) is 0 Å². The molecule has 0 spiro atoms. The number of carbonyl (C=O) groups excluding carboxylic acids is 4. The minimum Gasteiger partial charge on any atom is -0.550 e. The zero-order valence-corrected chi connectivity index (χ0v) is 16.2. The first-order chi connectivity index (χ1) is 11.1. The molecule has 8 nitrogen and oxygen atoms in total. The molecule has 0 aliphatic carbocycles. The van der Waals surface area contributed by atoms with Crippen LogP contribution >= 0.6 is 0 Å². The summed E-state index contributed by atoms with van der Waals surface area (Å²) in [5.41, 5.74) is 0. The SMILES string of the molecule is C=CCC(=O)[O-].C=CCC(=O)[O-].C=CCC(=O)[O-].C=CCC(=O)[O-].[Zr+4]. The topological polar surface area (TPSA) is 161 Å². The Labute approximate surface area is 166 Å². The standard InChI is InChI=1S/4C4H6O2.Zr/c4*1-2-3-4(5)6;/h4*2H,1,3H2,(H,5,6);/q;;;;+4/p-4. The van der Waals surface area contributed by atoms with Gasteiger partial charge in [-0.2, -0.15) is 0 Å². The Balaban J connectivity index is -0.0000000702. The molecule has 0 saturated heterocycles. The first-order valence-electron chi connectivity index (χ1n) is 6.31. The Hall–Kier alpha value is -2.28. The Morgan fingerprint density at radius 3 is 0.640 bits per heavy atom. The van der Waals surface area contributed by atoms with E-state index in [2.05, 4.69) is 26.3 Å². The molecule has 0 saturated carbocycles. The van der Waals surface area contributed by atoms with Gasteiger partial charge in [-0.1, -0.05) is 24.3 Å². The van der Waals surface area contributed by atoms with Gasteiger partial charge in [-0.25, -0.2) is 0 Å². The first-order valence-corrected chi connectivity index (χ1v) is 6.31. The first kappa shape index (κ1) is 34.1. The van der Waals surface area contributed by atoms with Crippen molar-refractivity contribution in [1.29, 1.82) is 0 Å². The van der Waals surface area contributed by atoms with E-state index >= 15 is 0 Å². The molecule has 136 valence electrons. The Morgan fingerprint density at radius 2 is 0.640 bits per heavy atom. The average molecular weight is 432 g/mol. The van der Waals surface area contributed by atoms with Gasteiger partial charge in [0.15, 0.2) is 0 Å². The molecule has 0 aromatic carbocycles. The predicted octanol–water partition coefficient (Wildman–Crippen LogP) is -2.75. The summed E-state index contributed by atoms with van der Waals surface area (Å²) in [6, 6.07) is 0. The maximum atomic E-state index is 9.42. The van der Waals surface area contributed by atoms with Gasteiger partial charge < -0.3 is 39.6 Å². The largest absolute Gasteiger partial charge is 4.00 e. The van der Waals surface area contributed by atoms with Crippen molar-refractivity contribution in [3.8, 4) is 0 Å². The van der Waals surface area contributed by atoms with Crippen molar-refractivity contribution in [2.45, 2.75) is 25.7 Å². The minimum absolute atomic E-state index is 0. The Bertz CT molecular complexity index is 350. The molecule has 0 aromatic rings. The van der Waals surface area contributed by atoms with Gasteiger partial charge in [0.25, 0.3) is 0 Å². The van der Waals surface area contributed by atoms with Crippen molar-refractivity contribution >= 4 is 23.9 Å². The van der Waals surface area contributed by atoms with Gasteiger partial charge >= 0.3 is 26.2 Å². The van der Waals surface area contributed by atoms with Crippen LogP contribution in [-0.2, 0) is 45.4 Å².